The van der Waals surface area contributed by atoms with E-state index in [-0.39, 0.29) is 0 Å². The Morgan fingerprint density at radius 3 is 1.39 bits per heavy atom. The number of rotatable bonds is 3. The second kappa shape index (κ2) is 23.8. The first-order chi connectivity index (χ1) is 31.0. The molecule has 64 heavy (non-hydrogen) atoms. The Morgan fingerprint density at radius 1 is 0.422 bits per heavy atom. The van der Waals surface area contributed by atoms with Crippen molar-refractivity contribution in [3.63, 3.8) is 0 Å². The quantitative estimate of drug-likeness (QED) is 0.0853. The van der Waals surface area contributed by atoms with Crippen LogP contribution in [0.15, 0.2) is 185 Å². The third kappa shape index (κ3) is 12.6. The highest BCUT2D eigenvalue weighted by atomic mass is 80.9. The van der Waals surface area contributed by atoms with Gasteiger partial charge in [-0.1, -0.05) is 143 Å². The molecule has 0 heterocycles. The van der Waals surface area contributed by atoms with Crippen LogP contribution in [-0.4, -0.2) is 17.2 Å². The Bertz CT molecular complexity index is 3200. The number of halogens is 4. The molecule has 8 nitrogen and oxygen atoms in total. The molecule has 0 aliphatic heterocycles. The summed E-state index contributed by atoms with van der Waals surface area (Å²) in [6.45, 7) is 0. The number of nitrogens with two attached hydrogens (primary N) is 3. The lowest BCUT2D eigenvalue weighted by Crippen LogP contribution is -2.29. The highest BCUT2D eigenvalue weighted by molar-refractivity contribution is 9.93. The number of fused-ring (bicyclic) bond motifs is 3. The fourth-order valence-electron chi connectivity index (χ4n) is 6.52. The molecule has 0 saturated heterocycles. The number of hydrogen-bond acceptors (Lipinski definition) is 8. The smallest absolute Gasteiger partial charge is 0.423 e. The third-order valence-electron chi connectivity index (χ3n) is 9.81. The predicted octanol–water partition coefficient (Wildman–Crippen LogP) is 12.8. The van der Waals surface area contributed by atoms with Crippen molar-refractivity contribution >= 4 is 122 Å². The summed E-state index contributed by atoms with van der Waals surface area (Å²) in [5, 5.41) is 51.4. The topological polar surface area (TPSA) is 190 Å². The van der Waals surface area contributed by atoms with E-state index in [4.69, 9.17) is 37.8 Å². The number of nitriles is 3. The van der Waals surface area contributed by atoms with Crippen LogP contribution in [0.3, 0.4) is 0 Å². The lowest BCUT2D eigenvalue weighted by Gasteiger charge is -2.13. The molecule has 0 amide bonds. The second-order valence-corrected chi connectivity index (χ2v) is 15.6. The van der Waals surface area contributed by atoms with Gasteiger partial charge in [-0.15, -0.1) is 0 Å². The van der Waals surface area contributed by atoms with Crippen molar-refractivity contribution in [3.8, 4) is 40.5 Å². The van der Waals surface area contributed by atoms with Crippen LogP contribution in [0.25, 0.3) is 54.6 Å². The average molecular weight is 1100 g/mol. The number of nitrogens with zero attached hydrogens (tertiary/aromatic N) is 3. The SMILES string of the molecule is BrBr.N#Cc1cc(-c2ccc3ccccc3c2)cc(-c2ccc3ccccc3c2)c1N.N#Cc1cc(Br)cc(Br)c1N.N#Cc1ccccc1N.OB(O)c1ccc2ccccc2c1. The fraction of sp³-hybridized carbons (Fsp3) is 0. The van der Waals surface area contributed by atoms with Crippen LogP contribution >= 0.6 is 60.1 Å². The van der Waals surface area contributed by atoms with Crippen molar-refractivity contribution in [1.29, 1.82) is 15.8 Å². The van der Waals surface area contributed by atoms with Gasteiger partial charge in [0.1, 0.15) is 18.2 Å². The molecule has 0 atom stereocenters. The summed E-state index contributed by atoms with van der Waals surface area (Å²) in [4.78, 5) is 0. The van der Waals surface area contributed by atoms with E-state index in [1.807, 2.05) is 72.8 Å². The maximum absolute atomic E-state index is 9.67. The van der Waals surface area contributed by atoms with Crippen molar-refractivity contribution in [1.82, 2.24) is 0 Å². The Hall–Kier alpha value is -6.47. The van der Waals surface area contributed by atoms with Gasteiger partial charge in [0.05, 0.1) is 28.1 Å². The zero-order valence-electron chi connectivity index (χ0n) is 33.8. The summed E-state index contributed by atoms with van der Waals surface area (Å²) in [5.41, 5.74) is 24.9. The summed E-state index contributed by atoms with van der Waals surface area (Å²) in [7, 11) is -1.38. The van der Waals surface area contributed by atoms with Gasteiger partial charge in [0.15, 0.2) is 0 Å². The summed E-state index contributed by atoms with van der Waals surface area (Å²) >= 11 is 12.0. The number of hydrogen-bond donors (Lipinski definition) is 5. The van der Waals surface area contributed by atoms with E-state index < -0.39 is 7.12 Å². The van der Waals surface area contributed by atoms with Gasteiger partial charge in [-0.2, -0.15) is 15.8 Å². The Morgan fingerprint density at radius 2 is 0.875 bits per heavy atom. The van der Waals surface area contributed by atoms with Crippen molar-refractivity contribution in [2.75, 3.05) is 17.2 Å². The van der Waals surface area contributed by atoms with Crippen LogP contribution in [-0.2, 0) is 0 Å². The van der Waals surface area contributed by atoms with Crippen LogP contribution in [0.1, 0.15) is 16.7 Å². The molecule has 0 spiro atoms. The zero-order valence-corrected chi connectivity index (χ0v) is 40.1. The van der Waals surface area contributed by atoms with E-state index in [1.54, 1.807) is 48.5 Å². The van der Waals surface area contributed by atoms with Gasteiger partial charge in [0, 0.05) is 48.5 Å². The van der Waals surface area contributed by atoms with Crippen LogP contribution in [0.5, 0.6) is 0 Å². The van der Waals surface area contributed by atoms with E-state index in [1.165, 1.54) is 16.2 Å². The predicted molar refractivity (Wildman–Crippen MR) is 280 cm³/mol. The molecule has 0 saturated carbocycles. The lowest BCUT2D eigenvalue weighted by atomic mass is 9.79. The molecule has 9 aromatic carbocycles. The Balaban J connectivity index is 0.000000182. The first-order valence-corrected chi connectivity index (χ1v) is 24.5. The van der Waals surface area contributed by atoms with E-state index in [9.17, 15) is 5.26 Å². The summed E-state index contributed by atoms with van der Waals surface area (Å²) in [6, 6.07) is 63.0. The minimum Gasteiger partial charge on any atom is -0.423 e. The Kier molecular flexibility index (Phi) is 18.1. The molecule has 9 aromatic rings. The van der Waals surface area contributed by atoms with Gasteiger partial charge in [-0.05, 0) is 119 Å². The summed E-state index contributed by atoms with van der Waals surface area (Å²) < 4.78 is 1.58. The molecule has 0 aromatic heterocycles. The van der Waals surface area contributed by atoms with E-state index in [0.717, 1.165) is 47.4 Å². The number of para-hydroxylation sites is 1. The monoisotopic (exact) mass is 1090 g/mol. The van der Waals surface area contributed by atoms with Gasteiger partial charge in [0.25, 0.3) is 0 Å². The van der Waals surface area contributed by atoms with Gasteiger partial charge in [0.2, 0.25) is 0 Å². The molecule has 0 bridgehead atoms. The Labute approximate surface area is 404 Å². The maximum atomic E-state index is 9.67. The van der Waals surface area contributed by atoms with Crippen molar-refractivity contribution in [3.05, 3.63) is 202 Å². The average Bonchev–Trinajstić information content (AvgIpc) is 3.33. The molecular formula is C51H37BBr4N6O2. The first kappa shape index (κ1) is 48.6. The third-order valence-corrected chi connectivity index (χ3v) is 10.9. The highest BCUT2D eigenvalue weighted by Crippen LogP contribution is 2.36. The van der Waals surface area contributed by atoms with E-state index in [0.29, 0.717) is 39.2 Å². The molecule has 0 fully saturated rings. The number of anilines is 3. The number of nitrogen functional groups attached to an aromatic ring is 3. The van der Waals surface area contributed by atoms with Crippen LogP contribution in [0.4, 0.5) is 17.1 Å². The molecule has 8 N–H and O–H groups in total. The summed E-state index contributed by atoms with van der Waals surface area (Å²) in [6.07, 6.45) is 0. The summed E-state index contributed by atoms with van der Waals surface area (Å²) in [5.74, 6) is 0. The van der Waals surface area contributed by atoms with Crippen LogP contribution in [0.2, 0.25) is 0 Å². The standard InChI is InChI=1S/C27H18N2.C10H9BO2.C7H4Br2N2.C7H6N2.Br2/c28-17-25-15-24(22-11-9-18-5-1-3-7-20(18)13-22)16-26(27(25)29)23-12-10-19-6-2-4-8-21(19)14-23;12-11(13)10-6-5-8-3-1-2-4-9(8)7-10;8-5-1-4(3-10)7(11)6(9)2-5;8-5-6-3-1-2-4-7(6)9;1-2/h1-16H,29H2;1-7,12-13H;1-2H,11H2;1-4H,9H2;. The van der Waals surface area contributed by atoms with E-state index >= 15 is 0 Å². The minimum absolute atomic E-state index is 0.478. The van der Waals surface area contributed by atoms with Crippen molar-refractivity contribution < 1.29 is 10.0 Å². The normalized spacial score (nSPS) is 9.86. The van der Waals surface area contributed by atoms with Gasteiger partial charge < -0.3 is 27.2 Å². The van der Waals surface area contributed by atoms with Crippen molar-refractivity contribution in [2.24, 2.45) is 0 Å². The highest BCUT2D eigenvalue weighted by Gasteiger charge is 2.13. The largest absolute Gasteiger partial charge is 0.488 e. The van der Waals surface area contributed by atoms with Crippen LogP contribution < -0.4 is 22.7 Å². The molecule has 0 aliphatic rings. The van der Waals surface area contributed by atoms with Gasteiger partial charge in [-0.25, -0.2) is 0 Å². The van der Waals surface area contributed by atoms with Gasteiger partial charge >= 0.3 is 7.12 Å². The van der Waals surface area contributed by atoms with Crippen molar-refractivity contribution in [2.45, 2.75) is 0 Å². The van der Waals surface area contributed by atoms with E-state index in [2.05, 4.69) is 133 Å². The number of benzene rings is 9. The fourth-order valence-corrected chi connectivity index (χ4v) is 7.75. The van der Waals surface area contributed by atoms with Crippen LogP contribution in [0, 0.1) is 34.0 Å². The molecule has 0 aliphatic carbocycles. The first-order valence-electron chi connectivity index (χ1n) is 19.2. The second-order valence-electron chi connectivity index (χ2n) is 13.9. The maximum Gasteiger partial charge on any atom is 0.488 e. The molecule has 0 radical (unpaired) electrons. The molecule has 0 unspecified atom stereocenters. The lowest BCUT2D eigenvalue weighted by molar-refractivity contribution is 0.426. The molecule has 13 heteroatoms. The van der Waals surface area contributed by atoms with Gasteiger partial charge in [-0.3, -0.25) is 0 Å². The molecule has 9 rings (SSSR count). The zero-order chi connectivity index (χ0) is 46.2. The molecule has 314 valence electrons. The molecular weight excluding hydrogens is 1060 g/mol. The minimum atomic E-state index is -1.38.